The molecular weight excluding hydrogens is 218 g/mol. The van der Waals surface area contributed by atoms with E-state index in [4.69, 9.17) is 15.2 Å². The maximum Gasteiger partial charge on any atom is 0.309 e. The molecule has 0 spiro atoms. The summed E-state index contributed by atoms with van der Waals surface area (Å²) in [7, 11) is 1.67. The molecule has 1 aliphatic rings. The smallest absolute Gasteiger partial charge is 0.309 e. The molecule has 0 aliphatic heterocycles. The molecule has 0 aromatic heterocycles. The van der Waals surface area contributed by atoms with Crippen molar-refractivity contribution < 1.29 is 14.3 Å². The summed E-state index contributed by atoms with van der Waals surface area (Å²) in [6.45, 7) is 4.98. The first-order valence-corrected chi connectivity index (χ1v) is 6.42. The molecule has 1 fully saturated rings. The Morgan fingerprint density at radius 1 is 1.41 bits per heavy atom. The molecule has 0 bridgehead atoms. The maximum absolute atomic E-state index is 11.9. The van der Waals surface area contributed by atoms with Crippen LogP contribution in [0.25, 0.3) is 0 Å². The summed E-state index contributed by atoms with van der Waals surface area (Å²) in [6, 6.07) is 0. The van der Waals surface area contributed by atoms with Gasteiger partial charge in [0.05, 0.1) is 18.1 Å². The molecule has 1 saturated carbocycles. The van der Waals surface area contributed by atoms with E-state index in [0.29, 0.717) is 19.1 Å². The first-order chi connectivity index (χ1) is 8.00. The van der Waals surface area contributed by atoms with Gasteiger partial charge in [-0.15, -0.1) is 0 Å². The van der Waals surface area contributed by atoms with Gasteiger partial charge in [0.1, 0.15) is 0 Å². The Balaban J connectivity index is 2.30. The maximum atomic E-state index is 11.9. The Labute approximate surface area is 104 Å². The van der Waals surface area contributed by atoms with E-state index in [2.05, 4.69) is 0 Å². The monoisotopic (exact) mass is 243 g/mol. The summed E-state index contributed by atoms with van der Waals surface area (Å²) in [6.07, 6.45) is 3.79. The number of ether oxygens (including phenoxy) is 2. The fraction of sp³-hybridized carbons (Fsp3) is 0.923. The van der Waals surface area contributed by atoms with E-state index in [0.717, 1.165) is 25.7 Å². The average Bonchev–Trinajstić information content (AvgIpc) is 2.76. The van der Waals surface area contributed by atoms with Crippen molar-refractivity contribution in [3.63, 3.8) is 0 Å². The first kappa shape index (κ1) is 14.5. The number of hydrogen-bond acceptors (Lipinski definition) is 4. The minimum atomic E-state index is -0.233. The molecule has 100 valence electrons. The summed E-state index contributed by atoms with van der Waals surface area (Å²) in [5, 5.41) is 0. The summed E-state index contributed by atoms with van der Waals surface area (Å²) in [5.41, 5.74) is 5.42. The van der Waals surface area contributed by atoms with Crippen molar-refractivity contribution in [2.75, 3.05) is 20.3 Å². The SMILES string of the molecule is COC(C)(C)CCOC(=O)C1CCCC1CN. The Morgan fingerprint density at radius 2 is 2.12 bits per heavy atom. The van der Waals surface area contributed by atoms with E-state index in [1.807, 2.05) is 13.8 Å². The lowest BCUT2D eigenvalue weighted by molar-refractivity contribution is -0.151. The van der Waals surface area contributed by atoms with Crippen LogP contribution in [0.1, 0.15) is 39.5 Å². The first-order valence-electron chi connectivity index (χ1n) is 6.42. The van der Waals surface area contributed by atoms with Gasteiger partial charge in [-0.05, 0) is 39.2 Å². The summed E-state index contributed by atoms with van der Waals surface area (Å²) >= 11 is 0. The molecule has 0 saturated heterocycles. The second-order valence-electron chi connectivity index (χ2n) is 5.41. The van der Waals surface area contributed by atoms with Crippen molar-refractivity contribution in [2.24, 2.45) is 17.6 Å². The molecule has 2 atom stereocenters. The van der Waals surface area contributed by atoms with Crippen LogP contribution in [0, 0.1) is 11.8 Å². The lowest BCUT2D eigenvalue weighted by atomic mass is 9.96. The van der Waals surface area contributed by atoms with Crippen LogP contribution >= 0.6 is 0 Å². The van der Waals surface area contributed by atoms with Crippen molar-refractivity contribution >= 4 is 5.97 Å². The Hall–Kier alpha value is -0.610. The van der Waals surface area contributed by atoms with Gasteiger partial charge in [-0.3, -0.25) is 4.79 Å². The quantitative estimate of drug-likeness (QED) is 0.722. The molecule has 4 heteroatoms. The third-order valence-corrected chi connectivity index (χ3v) is 3.77. The van der Waals surface area contributed by atoms with Gasteiger partial charge < -0.3 is 15.2 Å². The van der Waals surface area contributed by atoms with Crippen LogP contribution in [0.2, 0.25) is 0 Å². The lowest BCUT2D eigenvalue weighted by Crippen LogP contribution is -2.29. The van der Waals surface area contributed by atoms with E-state index < -0.39 is 0 Å². The van der Waals surface area contributed by atoms with Crippen molar-refractivity contribution in [3.8, 4) is 0 Å². The molecule has 2 unspecified atom stereocenters. The molecule has 2 N–H and O–H groups in total. The van der Waals surface area contributed by atoms with Gasteiger partial charge in [-0.1, -0.05) is 6.42 Å². The van der Waals surface area contributed by atoms with E-state index in [-0.39, 0.29) is 17.5 Å². The number of nitrogens with two attached hydrogens (primary N) is 1. The van der Waals surface area contributed by atoms with Crippen molar-refractivity contribution in [1.29, 1.82) is 0 Å². The molecule has 1 rings (SSSR count). The summed E-state index contributed by atoms with van der Waals surface area (Å²) in [5.74, 6) is 0.258. The predicted molar refractivity (Wildman–Crippen MR) is 66.5 cm³/mol. The fourth-order valence-corrected chi connectivity index (χ4v) is 2.24. The van der Waals surface area contributed by atoms with Gasteiger partial charge in [0.25, 0.3) is 0 Å². The second kappa shape index (κ2) is 6.36. The van der Waals surface area contributed by atoms with Crippen LogP contribution < -0.4 is 5.73 Å². The van der Waals surface area contributed by atoms with Gasteiger partial charge in [0.15, 0.2) is 0 Å². The van der Waals surface area contributed by atoms with Crippen molar-refractivity contribution in [3.05, 3.63) is 0 Å². The van der Waals surface area contributed by atoms with E-state index in [1.165, 1.54) is 0 Å². The lowest BCUT2D eigenvalue weighted by Gasteiger charge is -2.23. The molecule has 0 aromatic rings. The van der Waals surface area contributed by atoms with Crippen molar-refractivity contribution in [2.45, 2.75) is 45.1 Å². The molecule has 0 heterocycles. The number of rotatable bonds is 6. The molecule has 17 heavy (non-hydrogen) atoms. The third-order valence-electron chi connectivity index (χ3n) is 3.77. The van der Waals surface area contributed by atoms with Crippen LogP contribution in [0.3, 0.4) is 0 Å². The molecule has 4 nitrogen and oxygen atoms in total. The Kier molecular flexibility index (Phi) is 5.40. The zero-order chi connectivity index (χ0) is 12.9. The minimum Gasteiger partial charge on any atom is -0.465 e. The van der Waals surface area contributed by atoms with E-state index >= 15 is 0 Å². The largest absolute Gasteiger partial charge is 0.465 e. The topological polar surface area (TPSA) is 61.5 Å². The van der Waals surface area contributed by atoms with Gasteiger partial charge in [0.2, 0.25) is 0 Å². The highest BCUT2D eigenvalue weighted by Gasteiger charge is 2.33. The standard InChI is InChI=1S/C13H25NO3/c1-13(2,16-3)7-8-17-12(15)11-6-4-5-10(11)9-14/h10-11H,4-9,14H2,1-3H3. The van der Waals surface area contributed by atoms with Crippen molar-refractivity contribution in [1.82, 2.24) is 0 Å². The molecule has 0 radical (unpaired) electrons. The molecular formula is C13H25NO3. The number of esters is 1. The number of methoxy groups -OCH3 is 1. The zero-order valence-corrected chi connectivity index (χ0v) is 11.2. The van der Waals surface area contributed by atoms with Gasteiger partial charge in [-0.25, -0.2) is 0 Å². The third kappa shape index (κ3) is 4.28. The van der Waals surface area contributed by atoms with Crippen LogP contribution in [-0.4, -0.2) is 31.8 Å². The van der Waals surface area contributed by atoms with Crippen LogP contribution in [-0.2, 0) is 14.3 Å². The Morgan fingerprint density at radius 3 is 2.71 bits per heavy atom. The highest BCUT2D eigenvalue weighted by Crippen LogP contribution is 2.31. The number of hydrogen-bond donors (Lipinski definition) is 1. The highest BCUT2D eigenvalue weighted by molar-refractivity contribution is 5.73. The van der Waals surface area contributed by atoms with Crippen LogP contribution in [0.4, 0.5) is 0 Å². The summed E-state index contributed by atoms with van der Waals surface area (Å²) < 4.78 is 10.6. The average molecular weight is 243 g/mol. The highest BCUT2D eigenvalue weighted by atomic mass is 16.5. The van der Waals surface area contributed by atoms with Crippen LogP contribution in [0.15, 0.2) is 0 Å². The molecule has 0 aromatic carbocycles. The van der Waals surface area contributed by atoms with Gasteiger partial charge in [-0.2, -0.15) is 0 Å². The van der Waals surface area contributed by atoms with Crippen LogP contribution in [0.5, 0.6) is 0 Å². The normalized spacial score (nSPS) is 24.9. The number of carbonyl (C=O) groups is 1. The summed E-state index contributed by atoms with van der Waals surface area (Å²) in [4.78, 5) is 11.9. The van der Waals surface area contributed by atoms with Gasteiger partial charge in [0, 0.05) is 13.5 Å². The molecule has 1 aliphatic carbocycles. The second-order valence-corrected chi connectivity index (χ2v) is 5.41. The van der Waals surface area contributed by atoms with E-state index in [1.54, 1.807) is 7.11 Å². The van der Waals surface area contributed by atoms with Gasteiger partial charge >= 0.3 is 5.97 Å². The fourth-order valence-electron chi connectivity index (χ4n) is 2.24. The molecule has 0 amide bonds. The zero-order valence-electron chi connectivity index (χ0n) is 11.2. The minimum absolute atomic E-state index is 0.0191. The van der Waals surface area contributed by atoms with E-state index in [9.17, 15) is 4.79 Å². The Bertz CT molecular complexity index is 253. The predicted octanol–water partition coefficient (Wildman–Crippen LogP) is 1.72. The number of carbonyl (C=O) groups excluding carboxylic acids is 1.